The number of aliphatic hydroxyl groups excluding tert-OH is 1. The van der Waals surface area contributed by atoms with E-state index in [-0.39, 0.29) is 6.10 Å². The van der Waals surface area contributed by atoms with Crippen LogP contribution in [0.25, 0.3) is 0 Å². The van der Waals surface area contributed by atoms with Crippen molar-refractivity contribution in [2.45, 2.75) is 26.0 Å². The minimum Gasteiger partial charge on any atom is -0.392 e. The zero-order chi connectivity index (χ0) is 9.97. The number of rotatable bonds is 2. The van der Waals surface area contributed by atoms with Crippen LogP contribution in [0, 0.1) is 5.92 Å². The number of piperidine rings is 1. The fourth-order valence-corrected chi connectivity index (χ4v) is 2.86. The first kappa shape index (κ1) is 10.1. The van der Waals surface area contributed by atoms with Crippen molar-refractivity contribution in [3.63, 3.8) is 0 Å². The molecule has 1 aliphatic rings. The van der Waals surface area contributed by atoms with Gasteiger partial charge in [0, 0.05) is 19.6 Å². The molecule has 0 bridgehead atoms. The minimum atomic E-state index is -0.127. The topological polar surface area (TPSA) is 23.5 Å². The van der Waals surface area contributed by atoms with Crippen LogP contribution in [0.15, 0.2) is 16.8 Å². The number of thiophene rings is 1. The summed E-state index contributed by atoms with van der Waals surface area (Å²) in [6.07, 6.45) is 0.831. The van der Waals surface area contributed by atoms with Gasteiger partial charge >= 0.3 is 0 Å². The van der Waals surface area contributed by atoms with E-state index in [2.05, 4.69) is 28.7 Å². The molecule has 1 N–H and O–H groups in total. The van der Waals surface area contributed by atoms with E-state index in [1.807, 2.05) is 0 Å². The number of hydrogen-bond acceptors (Lipinski definition) is 3. The molecule has 14 heavy (non-hydrogen) atoms. The lowest BCUT2D eigenvalue weighted by Crippen LogP contribution is -2.41. The van der Waals surface area contributed by atoms with Gasteiger partial charge in [0.15, 0.2) is 0 Å². The molecule has 1 aromatic rings. The second kappa shape index (κ2) is 4.43. The van der Waals surface area contributed by atoms with Crippen LogP contribution in [0.3, 0.4) is 0 Å². The molecule has 78 valence electrons. The van der Waals surface area contributed by atoms with Crippen molar-refractivity contribution >= 4 is 11.3 Å². The minimum absolute atomic E-state index is 0.127. The van der Waals surface area contributed by atoms with Gasteiger partial charge in [-0.3, -0.25) is 4.90 Å². The van der Waals surface area contributed by atoms with Gasteiger partial charge in [-0.2, -0.15) is 11.3 Å². The van der Waals surface area contributed by atoms with Gasteiger partial charge in [-0.25, -0.2) is 0 Å². The lowest BCUT2D eigenvalue weighted by Gasteiger charge is -2.33. The summed E-state index contributed by atoms with van der Waals surface area (Å²) in [5.74, 6) is 0.623. The van der Waals surface area contributed by atoms with Crippen molar-refractivity contribution < 1.29 is 5.11 Å². The normalized spacial score (nSPS) is 29.3. The number of hydrogen-bond donors (Lipinski definition) is 1. The Morgan fingerprint density at radius 1 is 1.57 bits per heavy atom. The summed E-state index contributed by atoms with van der Waals surface area (Å²) >= 11 is 1.74. The zero-order valence-corrected chi connectivity index (χ0v) is 9.33. The molecule has 3 heteroatoms. The number of nitrogens with zero attached hydrogens (tertiary/aromatic N) is 1. The van der Waals surface area contributed by atoms with E-state index in [9.17, 15) is 5.11 Å². The smallest absolute Gasteiger partial charge is 0.0670 e. The van der Waals surface area contributed by atoms with Crippen molar-refractivity contribution in [1.29, 1.82) is 0 Å². The quantitative estimate of drug-likeness (QED) is 0.808. The first-order valence-corrected chi connectivity index (χ1v) is 6.10. The zero-order valence-electron chi connectivity index (χ0n) is 8.52. The predicted octanol–water partition coefficient (Wildman–Crippen LogP) is 1.95. The van der Waals surface area contributed by atoms with E-state index >= 15 is 0 Å². The molecule has 2 heterocycles. The van der Waals surface area contributed by atoms with Gasteiger partial charge in [0.1, 0.15) is 0 Å². The van der Waals surface area contributed by atoms with Gasteiger partial charge in [0.2, 0.25) is 0 Å². The van der Waals surface area contributed by atoms with Crippen LogP contribution >= 0.6 is 11.3 Å². The SMILES string of the molecule is C[C@@H]1C[C@H](O)CN(Cc2ccsc2)C1. The van der Waals surface area contributed by atoms with Gasteiger partial charge in [-0.15, -0.1) is 0 Å². The van der Waals surface area contributed by atoms with Crippen LogP contribution < -0.4 is 0 Å². The molecule has 1 aromatic heterocycles. The van der Waals surface area contributed by atoms with Crippen molar-refractivity contribution in [3.8, 4) is 0 Å². The van der Waals surface area contributed by atoms with Crippen molar-refractivity contribution in [2.75, 3.05) is 13.1 Å². The standard InChI is InChI=1S/C11H17NOS/c1-9-4-11(13)7-12(5-9)6-10-2-3-14-8-10/h2-3,8-9,11,13H,4-7H2,1H3/t9-,11+/m1/s1. The van der Waals surface area contributed by atoms with Crippen molar-refractivity contribution in [2.24, 2.45) is 5.92 Å². The van der Waals surface area contributed by atoms with Crippen LogP contribution in [-0.4, -0.2) is 29.2 Å². The van der Waals surface area contributed by atoms with Gasteiger partial charge in [0.25, 0.3) is 0 Å². The fourth-order valence-electron chi connectivity index (χ4n) is 2.20. The lowest BCUT2D eigenvalue weighted by atomic mass is 9.98. The lowest BCUT2D eigenvalue weighted by molar-refractivity contribution is 0.0409. The van der Waals surface area contributed by atoms with Crippen LogP contribution in [0.1, 0.15) is 18.9 Å². The van der Waals surface area contributed by atoms with Crippen LogP contribution in [0.2, 0.25) is 0 Å². The second-order valence-corrected chi connectivity index (χ2v) is 5.10. The summed E-state index contributed by atoms with van der Waals surface area (Å²) in [7, 11) is 0. The Morgan fingerprint density at radius 2 is 2.43 bits per heavy atom. The van der Waals surface area contributed by atoms with Crippen molar-refractivity contribution in [1.82, 2.24) is 4.90 Å². The summed E-state index contributed by atoms with van der Waals surface area (Å²) in [5, 5.41) is 13.9. The van der Waals surface area contributed by atoms with Crippen LogP contribution in [-0.2, 0) is 6.54 Å². The Bertz CT molecular complexity index is 263. The number of likely N-dealkylation sites (tertiary alicyclic amines) is 1. The maximum atomic E-state index is 9.64. The molecule has 0 radical (unpaired) electrons. The van der Waals surface area contributed by atoms with E-state index in [0.717, 1.165) is 26.1 Å². The summed E-state index contributed by atoms with van der Waals surface area (Å²) in [5.41, 5.74) is 1.37. The Balaban J connectivity index is 1.91. The Morgan fingerprint density at radius 3 is 3.07 bits per heavy atom. The molecule has 0 saturated carbocycles. The van der Waals surface area contributed by atoms with Crippen LogP contribution in [0.5, 0.6) is 0 Å². The van der Waals surface area contributed by atoms with E-state index in [4.69, 9.17) is 0 Å². The molecule has 0 aromatic carbocycles. The largest absolute Gasteiger partial charge is 0.392 e. The molecule has 0 spiro atoms. The average Bonchev–Trinajstić information content (AvgIpc) is 2.54. The molecule has 2 rings (SSSR count). The first-order valence-electron chi connectivity index (χ1n) is 5.15. The molecule has 1 fully saturated rings. The molecule has 2 atom stereocenters. The highest BCUT2D eigenvalue weighted by atomic mass is 32.1. The van der Waals surface area contributed by atoms with Crippen LogP contribution in [0.4, 0.5) is 0 Å². The molecule has 1 saturated heterocycles. The highest BCUT2D eigenvalue weighted by molar-refractivity contribution is 7.07. The Hall–Kier alpha value is -0.380. The summed E-state index contributed by atoms with van der Waals surface area (Å²) in [6, 6.07) is 2.16. The van der Waals surface area contributed by atoms with Crippen molar-refractivity contribution in [3.05, 3.63) is 22.4 Å². The second-order valence-electron chi connectivity index (χ2n) is 4.32. The first-order chi connectivity index (χ1) is 6.74. The maximum absolute atomic E-state index is 9.64. The summed E-state index contributed by atoms with van der Waals surface area (Å²) < 4.78 is 0. The van der Waals surface area contributed by atoms with E-state index in [0.29, 0.717) is 5.92 Å². The number of β-amino-alcohol motifs (C(OH)–C–C–N with tert-alkyl or cyclic N) is 1. The third kappa shape index (κ3) is 2.56. The van der Waals surface area contributed by atoms with Gasteiger partial charge in [0.05, 0.1) is 6.10 Å². The molecule has 2 nitrogen and oxygen atoms in total. The third-order valence-corrected chi connectivity index (χ3v) is 3.43. The molecule has 0 amide bonds. The highest BCUT2D eigenvalue weighted by Crippen LogP contribution is 2.19. The Labute approximate surface area is 89.2 Å². The van der Waals surface area contributed by atoms with E-state index < -0.39 is 0 Å². The average molecular weight is 211 g/mol. The molecule has 0 unspecified atom stereocenters. The number of aliphatic hydroxyl groups is 1. The van der Waals surface area contributed by atoms with Gasteiger partial charge < -0.3 is 5.11 Å². The summed E-state index contributed by atoms with van der Waals surface area (Å²) in [4.78, 5) is 2.35. The van der Waals surface area contributed by atoms with E-state index in [1.165, 1.54) is 5.56 Å². The molecular weight excluding hydrogens is 194 g/mol. The third-order valence-electron chi connectivity index (χ3n) is 2.70. The fraction of sp³-hybridized carbons (Fsp3) is 0.636. The predicted molar refractivity (Wildman–Crippen MR) is 59.4 cm³/mol. The van der Waals surface area contributed by atoms with Gasteiger partial charge in [-0.05, 0) is 34.7 Å². The van der Waals surface area contributed by atoms with E-state index in [1.54, 1.807) is 11.3 Å². The molecule has 0 aliphatic carbocycles. The maximum Gasteiger partial charge on any atom is 0.0670 e. The Kier molecular flexibility index (Phi) is 3.21. The summed E-state index contributed by atoms with van der Waals surface area (Å²) in [6.45, 7) is 5.15. The van der Waals surface area contributed by atoms with Gasteiger partial charge in [-0.1, -0.05) is 6.92 Å². The monoisotopic (exact) mass is 211 g/mol. The highest BCUT2D eigenvalue weighted by Gasteiger charge is 2.22. The molecule has 1 aliphatic heterocycles. The molecular formula is C11H17NOS.